The second-order valence-corrected chi connectivity index (χ2v) is 5.72. The van der Waals surface area contributed by atoms with Gasteiger partial charge in [0.05, 0.1) is 18.2 Å². The van der Waals surface area contributed by atoms with Gasteiger partial charge in [-0.15, -0.1) is 0 Å². The molecule has 0 radical (unpaired) electrons. The minimum Gasteiger partial charge on any atom is -0.343 e. The molecule has 0 aromatic heterocycles. The second-order valence-electron chi connectivity index (χ2n) is 4.66. The molecule has 0 saturated carbocycles. The van der Waals surface area contributed by atoms with Gasteiger partial charge in [-0.05, 0) is 24.1 Å². The van der Waals surface area contributed by atoms with Crippen LogP contribution in [0, 0.1) is 0 Å². The molecule has 1 aromatic carbocycles. The van der Waals surface area contributed by atoms with Crippen LogP contribution < -0.4 is 0 Å². The predicted octanol–water partition coefficient (Wildman–Crippen LogP) is 3.56. The van der Waals surface area contributed by atoms with E-state index in [1.807, 2.05) is 0 Å². The molecule has 0 amide bonds. The van der Waals surface area contributed by atoms with E-state index in [0.717, 1.165) is 30.0 Å². The molecular formula is C13H13F3N2S. The molecule has 2 aliphatic heterocycles. The number of amidine groups is 1. The van der Waals surface area contributed by atoms with Gasteiger partial charge in [0, 0.05) is 12.3 Å². The van der Waals surface area contributed by atoms with Gasteiger partial charge in [-0.2, -0.15) is 13.2 Å². The molecule has 0 N–H and O–H groups in total. The molecule has 2 aliphatic rings. The standard InChI is InChI=1S/C13H13F3N2S/c14-13(15,16)10-4-1-3-9(7-10)11-8-17-12-18(11)5-2-6-19-12/h1,3-4,7,11H,2,5-6,8H2. The first-order chi connectivity index (χ1) is 9.05. The summed E-state index contributed by atoms with van der Waals surface area (Å²) in [5.41, 5.74) is 0.124. The van der Waals surface area contributed by atoms with Gasteiger partial charge in [0.15, 0.2) is 5.17 Å². The third kappa shape index (κ3) is 2.45. The lowest BCUT2D eigenvalue weighted by atomic mass is 10.0. The van der Waals surface area contributed by atoms with Crippen molar-refractivity contribution >= 4 is 16.9 Å². The SMILES string of the molecule is FC(F)(F)c1cccc(C2CN=C3SCCCN32)c1. The van der Waals surface area contributed by atoms with Crippen molar-refractivity contribution in [1.29, 1.82) is 0 Å². The van der Waals surface area contributed by atoms with E-state index in [1.54, 1.807) is 17.8 Å². The topological polar surface area (TPSA) is 15.6 Å². The first-order valence-corrected chi connectivity index (χ1v) is 7.15. The van der Waals surface area contributed by atoms with Crippen molar-refractivity contribution in [1.82, 2.24) is 4.90 Å². The molecule has 1 saturated heterocycles. The number of hydrogen-bond acceptors (Lipinski definition) is 3. The van der Waals surface area contributed by atoms with Crippen molar-refractivity contribution in [3.05, 3.63) is 35.4 Å². The molecule has 2 nitrogen and oxygen atoms in total. The molecule has 1 aromatic rings. The summed E-state index contributed by atoms with van der Waals surface area (Å²) in [5, 5.41) is 0.980. The first kappa shape index (κ1) is 12.8. The van der Waals surface area contributed by atoms with Crippen molar-refractivity contribution in [3.8, 4) is 0 Å². The third-order valence-corrected chi connectivity index (χ3v) is 4.51. The highest BCUT2D eigenvalue weighted by Gasteiger charge is 2.34. The molecule has 6 heteroatoms. The van der Waals surface area contributed by atoms with E-state index >= 15 is 0 Å². The van der Waals surface area contributed by atoms with Gasteiger partial charge < -0.3 is 4.90 Å². The van der Waals surface area contributed by atoms with Crippen molar-refractivity contribution in [2.45, 2.75) is 18.6 Å². The Balaban J connectivity index is 1.87. The van der Waals surface area contributed by atoms with E-state index in [9.17, 15) is 13.2 Å². The molecule has 19 heavy (non-hydrogen) atoms. The number of aliphatic imine (C=N–C) groups is 1. The molecule has 102 valence electrons. The van der Waals surface area contributed by atoms with Crippen molar-refractivity contribution in [2.75, 3.05) is 18.8 Å². The normalized spacial score (nSPS) is 23.2. The maximum absolute atomic E-state index is 12.7. The summed E-state index contributed by atoms with van der Waals surface area (Å²) in [6.45, 7) is 1.44. The lowest BCUT2D eigenvalue weighted by molar-refractivity contribution is -0.137. The number of rotatable bonds is 1. The van der Waals surface area contributed by atoms with Crippen LogP contribution in [0.3, 0.4) is 0 Å². The monoisotopic (exact) mass is 286 g/mol. The molecule has 1 atom stereocenters. The van der Waals surface area contributed by atoms with Crippen molar-refractivity contribution in [3.63, 3.8) is 0 Å². The summed E-state index contributed by atoms with van der Waals surface area (Å²) < 4.78 is 38.2. The van der Waals surface area contributed by atoms with Crippen LogP contribution in [-0.4, -0.2) is 28.9 Å². The summed E-state index contributed by atoms with van der Waals surface area (Å²) in [7, 11) is 0. The lowest BCUT2D eigenvalue weighted by Crippen LogP contribution is -2.33. The molecule has 0 bridgehead atoms. The Bertz CT molecular complexity index is 513. The third-order valence-electron chi connectivity index (χ3n) is 3.39. The van der Waals surface area contributed by atoms with E-state index in [1.165, 1.54) is 12.1 Å². The fourth-order valence-electron chi connectivity index (χ4n) is 2.47. The Morgan fingerprint density at radius 1 is 1.32 bits per heavy atom. The average Bonchev–Trinajstić information content (AvgIpc) is 2.82. The zero-order chi connectivity index (χ0) is 13.5. The first-order valence-electron chi connectivity index (χ1n) is 6.17. The second kappa shape index (κ2) is 4.74. The predicted molar refractivity (Wildman–Crippen MR) is 70.3 cm³/mol. The lowest BCUT2D eigenvalue weighted by Gasteiger charge is -2.31. The highest BCUT2D eigenvalue weighted by atomic mass is 32.2. The molecule has 2 heterocycles. The fraction of sp³-hybridized carbons (Fsp3) is 0.462. The van der Waals surface area contributed by atoms with E-state index in [4.69, 9.17) is 0 Å². The largest absolute Gasteiger partial charge is 0.416 e. The van der Waals surface area contributed by atoms with Crippen LogP contribution in [0.5, 0.6) is 0 Å². The van der Waals surface area contributed by atoms with Crippen LogP contribution in [0.2, 0.25) is 0 Å². The number of nitrogens with zero attached hydrogens (tertiary/aromatic N) is 2. The van der Waals surface area contributed by atoms with Gasteiger partial charge in [-0.3, -0.25) is 4.99 Å². The minimum atomic E-state index is -4.28. The zero-order valence-corrected chi connectivity index (χ0v) is 11.0. The molecule has 0 aliphatic carbocycles. The Labute approximate surface area is 113 Å². The van der Waals surface area contributed by atoms with Crippen LogP contribution in [-0.2, 0) is 6.18 Å². The number of fused-ring (bicyclic) bond motifs is 1. The van der Waals surface area contributed by atoms with E-state index < -0.39 is 11.7 Å². The van der Waals surface area contributed by atoms with Gasteiger partial charge in [0.25, 0.3) is 0 Å². The summed E-state index contributed by atoms with van der Waals surface area (Å²) in [5.74, 6) is 1.05. The Hall–Kier alpha value is -1.17. The van der Waals surface area contributed by atoms with Gasteiger partial charge in [0.2, 0.25) is 0 Å². The highest BCUT2D eigenvalue weighted by molar-refractivity contribution is 8.13. The number of thioether (sulfide) groups is 1. The van der Waals surface area contributed by atoms with Crippen LogP contribution >= 0.6 is 11.8 Å². The van der Waals surface area contributed by atoms with Crippen LogP contribution in [0.4, 0.5) is 13.2 Å². The Morgan fingerprint density at radius 3 is 2.95 bits per heavy atom. The molecule has 0 spiro atoms. The van der Waals surface area contributed by atoms with Gasteiger partial charge in [-0.1, -0.05) is 23.9 Å². The van der Waals surface area contributed by atoms with Crippen LogP contribution in [0.25, 0.3) is 0 Å². The van der Waals surface area contributed by atoms with E-state index in [-0.39, 0.29) is 6.04 Å². The summed E-state index contributed by atoms with van der Waals surface area (Å²) >= 11 is 1.70. The number of hydrogen-bond donors (Lipinski definition) is 0. The van der Waals surface area contributed by atoms with Crippen molar-refractivity contribution in [2.24, 2.45) is 4.99 Å². The minimum absolute atomic E-state index is 0.0369. The number of halogens is 3. The van der Waals surface area contributed by atoms with Gasteiger partial charge in [-0.25, -0.2) is 0 Å². The number of benzene rings is 1. The Kier molecular flexibility index (Phi) is 3.20. The average molecular weight is 286 g/mol. The molecule has 1 fully saturated rings. The summed E-state index contributed by atoms with van der Waals surface area (Å²) in [4.78, 5) is 6.56. The molecule has 3 rings (SSSR count). The van der Waals surface area contributed by atoms with E-state index in [2.05, 4.69) is 9.89 Å². The smallest absolute Gasteiger partial charge is 0.343 e. The molecule has 1 unspecified atom stereocenters. The van der Waals surface area contributed by atoms with Crippen molar-refractivity contribution < 1.29 is 13.2 Å². The Morgan fingerprint density at radius 2 is 2.16 bits per heavy atom. The maximum atomic E-state index is 12.7. The van der Waals surface area contributed by atoms with Crippen LogP contribution in [0.1, 0.15) is 23.6 Å². The van der Waals surface area contributed by atoms with E-state index in [0.29, 0.717) is 12.1 Å². The molecular weight excluding hydrogens is 273 g/mol. The van der Waals surface area contributed by atoms with Crippen LogP contribution in [0.15, 0.2) is 29.3 Å². The fourth-order valence-corrected chi connectivity index (χ4v) is 3.48. The summed E-state index contributed by atoms with van der Waals surface area (Å²) in [6.07, 6.45) is -3.23. The maximum Gasteiger partial charge on any atom is 0.416 e. The zero-order valence-electron chi connectivity index (χ0n) is 10.2. The quantitative estimate of drug-likeness (QED) is 0.784. The summed E-state index contributed by atoms with van der Waals surface area (Å²) in [6, 6.07) is 5.57. The van der Waals surface area contributed by atoms with Gasteiger partial charge >= 0.3 is 6.18 Å². The van der Waals surface area contributed by atoms with Gasteiger partial charge in [0.1, 0.15) is 0 Å². The highest BCUT2D eigenvalue weighted by Crippen LogP contribution is 2.36. The number of alkyl halides is 3.